The summed E-state index contributed by atoms with van der Waals surface area (Å²) in [6, 6.07) is 7.69. The van der Waals surface area contributed by atoms with Crippen LogP contribution in [0, 0.1) is 6.92 Å². The van der Waals surface area contributed by atoms with Gasteiger partial charge in [0, 0.05) is 5.56 Å². The Balaban J connectivity index is 2.47. The van der Waals surface area contributed by atoms with Crippen LogP contribution in [0.2, 0.25) is 5.15 Å². The lowest BCUT2D eigenvalue weighted by Crippen LogP contribution is -1.97. The number of rotatable bonds is 3. The van der Waals surface area contributed by atoms with Gasteiger partial charge in [0.15, 0.2) is 0 Å². The minimum atomic E-state index is 0.365. The molecule has 0 saturated heterocycles. The smallest absolute Gasteiger partial charge is 0.136 e. The molecule has 0 aliphatic rings. The van der Waals surface area contributed by atoms with Gasteiger partial charge in [-0.05, 0) is 37.1 Å². The van der Waals surface area contributed by atoms with E-state index >= 15 is 0 Å². The Morgan fingerprint density at radius 3 is 2.28 bits per heavy atom. The van der Waals surface area contributed by atoms with Gasteiger partial charge in [-0.1, -0.05) is 25.4 Å². The molecule has 1 aromatic carbocycles. The van der Waals surface area contributed by atoms with Crippen LogP contribution >= 0.6 is 11.6 Å². The standard InChI is InChI=1S/C14H17ClN2O/c1-9(2)13-10(3)16-17(14(13)15)11-5-7-12(18-4)8-6-11/h5-9H,1-4H3. The van der Waals surface area contributed by atoms with Crippen LogP contribution in [0.25, 0.3) is 5.69 Å². The van der Waals surface area contributed by atoms with E-state index in [1.165, 1.54) is 0 Å². The Morgan fingerprint density at radius 1 is 1.22 bits per heavy atom. The Hall–Kier alpha value is -1.48. The molecule has 0 unspecified atom stereocenters. The zero-order valence-corrected chi connectivity index (χ0v) is 11.8. The van der Waals surface area contributed by atoms with E-state index in [0.717, 1.165) is 22.7 Å². The highest BCUT2D eigenvalue weighted by Crippen LogP contribution is 2.29. The van der Waals surface area contributed by atoms with E-state index in [9.17, 15) is 0 Å². The van der Waals surface area contributed by atoms with Crippen molar-refractivity contribution in [3.63, 3.8) is 0 Å². The summed E-state index contributed by atoms with van der Waals surface area (Å²) in [4.78, 5) is 0. The Kier molecular flexibility index (Phi) is 3.62. The lowest BCUT2D eigenvalue weighted by Gasteiger charge is -2.06. The molecule has 3 nitrogen and oxygen atoms in total. The van der Waals surface area contributed by atoms with E-state index in [0.29, 0.717) is 11.1 Å². The van der Waals surface area contributed by atoms with E-state index in [2.05, 4.69) is 18.9 Å². The van der Waals surface area contributed by atoms with Crippen molar-refractivity contribution in [1.82, 2.24) is 9.78 Å². The normalized spacial score (nSPS) is 11.0. The van der Waals surface area contributed by atoms with Gasteiger partial charge in [0.25, 0.3) is 0 Å². The maximum atomic E-state index is 6.40. The first kappa shape index (κ1) is 13.0. The van der Waals surface area contributed by atoms with Gasteiger partial charge in [-0.15, -0.1) is 0 Å². The van der Waals surface area contributed by atoms with Crippen LogP contribution < -0.4 is 4.74 Å². The number of methoxy groups -OCH3 is 1. The second-order valence-corrected chi connectivity index (χ2v) is 4.91. The first-order valence-electron chi connectivity index (χ1n) is 5.94. The lowest BCUT2D eigenvalue weighted by molar-refractivity contribution is 0.414. The van der Waals surface area contributed by atoms with Crippen LogP contribution in [0.3, 0.4) is 0 Å². The maximum absolute atomic E-state index is 6.40. The summed E-state index contributed by atoms with van der Waals surface area (Å²) in [6.45, 7) is 6.23. The lowest BCUT2D eigenvalue weighted by atomic mass is 10.1. The molecule has 0 fully saturated rings. The summed E-state index contributed by atoms with van der Waals surface area (Å²) in [5.74, 6) is 1.19. The first-order valence-corrected chi connectivity index (χ1v) is 6.31. The number of benzene rings is 1. The predicted molar refractivity (Wildman–Crippen MR) is 74.0 cm³/mol. The van der Waals surface area contributed by atoms with E-state index in [-0.39, 0.29) is 0 Å². The average molecular weight is 265 g/mol. The van der Waals surface area contributed by atoms with Gasteiger partial charge in [0.05, 0.1) is 18.5 Å². The highest BCUT2D eigenvalue weighted by molar-refractivity contribution is 6.30. The molecule has 0 spiro atoms. The van der Waals surface area contributed by atoms with Crippen molar-refractivity contribution in [3.05, 3.63) is 40.7 Å². The fourth-order valence-corrected chi connectivity index (χ4v) is 2.55. The largest absolute Gasteiger partial charge is 0.497 e. The molecule has 4 heteroatoms. The molecular formula is C14H17ClN2O. The third-order valence-corrected chi connectivity index (χ3v) is 3.31. The van der Waals surface area contributed by atoms with Crippen LogP contribution in [0.4, 0.5) is 0 Å². The Bertz CT molecular complexity index is 544. The number of aryl methyl sites for hydroxylation is 1. The quantitative estimate of drug-likeness (QED) is 0.839. The molecule has 0 aliphatic carbocycles. The van der Waals surface area contributed by atoms with E-state index < -0.39 is 0 Å². The summed E-state index contributed by atoms with van der Waals surface area (Å²) in [5, 5.41) is 5.19. The van der Waals surface area contributed by atoms with Gasteiger partial charge in [0.2, 0.25) is 0 Å². The molecule has 0 radical (unpaired) electrons. The molecule has 0 saturated carbocycles. The fourth-order valence-electron chi connectivity index (χ4n) is 2.06. The zero-order valence-electron chi connectivity index (χ0n) is 11.1. The van der Waals surface area contributed by atoms with Crippen LogP contribution in [0.1, 0.15) is 31.0 Å². The minimum absolute atomic E-state index is 0.365. The fraction of sp³-hybridized carbons (Fsp3) is 0.357. The van der Waals surface area contributed by atoms with Gasteiger partial charge in [-0.2, -0.15) is 5.10 Å². The molecule has 2 rings (SSSR count). The molecular weight excluding hydrogens is 248 g/mol. The third-order valence-electron chi connectivity index (χ3n) is 2.94. The number of ether oxygens (including phenoxy) is 1. The summed E-state index contributed by atoms with van der Waals surface area (Å²) in [7, 11) is 1.65. The third kappa shape index (κ3) is 2.23. The van der Waals surface area contributed by atoms with Crippen LogP contribution in [0.15, 0.2) is 24.3 Å². The van der Waals surface area contributed by atoms with E-state index in [1.54, 1.807) is 11.8 Å². The number of nitrogens with zero attached hydrogens (tertiary/aromatic N) is 2. The zero-order chi connectivity index (χ0) is 13.3. The number of halogens is 1. The summed E-state index contributed by atoms with van der Waals surface area (Å²) in [5.41, 5.74) is 3.02. The Morgan fingerprint density at radius 2 is 1.83 bits per heavy atom. The molecule has 1 heterocycles. The molecule has 0 aliphatic heterocycles. The molecule has 2 aromatic rings. The van der Waals surface area contributed by atoms with Gasteiger partial charge in [-0.25, -0.2) is 4.68 Å². The number of aromatic nitrogens is 2. The highest BCUT2D eigenvalue weighted by atomic mass is 35.5. The van der Waals surface area contributed by atoms with E-state index in [4.69, 9.17) is 16.3 Å². The topological polar surface area (TPSA) is 27.1 Å². The van der Waals surface area contributed by atoms with E-state index in [1.807, 2.05) is 31.2 Å². The van der Waals surface area contributed by atoms with Gasteiger partial charge >= 0.3 is 0 Å². The van der Waals surface area contributed by atoms with Crippen LogP contribution in [-0.2, 0) is 0 Å². The summed E-state index contributed by atoms with van der Waals surface area (Å²) >= 11 is 6.40. The van der Waals surface area contributed by atoms with Crippen molar-refractivity contribution in [2.24, 2.45) is 0 Å². The summed E-state index contributed by atoms with van der Waals surface area (Å²) < 4.78 is 6.91. The van der Waals surface area contributed by atoms with Crippen molar-refractivity contribution < 1.29 is 4.74 Å². The molecule has 18 heavy (non-hydrogen) atoms. The first-order chi connectivity index (χ1) is 8.54. The highest BCUT2D eigenvalue weighted by Gasteiger charge is 2.16. The second kappa shape index (κ2) is 5.02. The SMILES string of the molecule is COc1ccc(-n2nc(C)c(C(C)C)c2Cl)cc1. The van der Waals surface area contributed by atoms with Crippen LogP contribution in [0.5, 0.6) is 5.75 Å². The predicted octanol–water partition coefficient (Wildman–Crippen LogP) is 3.97. The van der Waals surface area contributed by atoms with Crippen molar-refractivity contribution >= 4 is 11.6 Å². The molecule has 1 aromatic heterocycles. The van der Waals surface area contributed by atoms with Gasteiger partial charge < -0.3 is 4.74 Å². The second-order valence-electron chi connectivity index (χ2n) is 4.55. The van der Waals surface area contributed by atoms with Crippen molar-refractivity contribution in [3.8, 4) is 11.4 Å². The maximum Gasteiger partial charge on any atom is 0.136 e. The van der Waals surface area contributed by atoms with Gasteiger partial charge in [0.1, 0.15) is 10.9 Å². The Labute approximate surface area is 112 Å². The minimum Gasteiger partial charge on any atom is -0.497 e. The van der Waals surface area contributed by atoms with Crippen molar-refractivity contribution in [2.75, 3.05) is 7.11 Å². The molecule has 96 valence electrons. The monoisotopic (exact) mass is 264 g/mol. The van der Waals surface area contributed by atoms with Crippen molar-refractivity contribution in [2.45, 2.75) is 26.7 Å². The molecule has 0 bridgehead atoms. The van der Waals surface area contributed by atoms with Crippen molar-refractivity contribution in [1.29, 1.82) is 0 Å². The number of hydrogen-bond acceptors (Lipinski definition) is 2. The molecule has 0 atom stereocenters. The molecule has 0 N–H and O–H groups in total. The van der Waals surface area contributed by atoms with Gasteiger partial charge in [-0.3, -0.25) is 0 Å². The summed E-state index contributed by atoms with van der Waals surface area (Å²) in [6.07, 6.45) is 0. The van der Waals surface area contributed by atoms with Crippen LogP contribution in [-0.4, -0.2) is 16.9 Å². The molecule has 0 amide bonds. The average Bonchev–Trinajstić information content (AvgIpc) is 2.65. The number of hydrogen-bond donors (Lipinski definition) is 0.